The molecule has 0 saturated heterocycles. The number of nitrogens with zero attached hydrogens (tertiary/aromatic N) is 2. The van der Waals surface area contributed by atoms with E-state index in [-0.39, 0.29) is 0 Å². The van der Waals surface area contributed by atoms with Crippen LogP contribution >= 0.6 is 0 Å². The van der Waals surface area contributed by atoms with Gasteiger partial charge in [0, 0.05) is 31.9 Å². The molecule has 0 fully saturated rings. The molecule has 0 amide bonds. The van der Waals surface area contributed by atoms with Crippen LogP contribution in [-0.4, -0.2) is 30.6 Å². The van der Waals surface area contributed by atoms with Crippen molar-refractivity contribution in [2.45, 2.75) is 46.7 Å². The van der Waals surface area contributed by atoms with Crippen molar-refractivity contribution in [2.24, 2.45) is 10.9 Å². The molecular weight excluding hydrogens is 264 g/mol. The summed E-state index contributed by atoms with van der Waals surface area (Å²) in [5, 5.41) is 6.66. The van der Waals surface area contributed by atoms with E-state index in [4.69, 9.17) is 4.74 Å². The van der Waals surface area contributed by atoms with Crippen molar-refractivity contribution in [3.05, 3.63) is 23.9 Å². The Hall–Kier alpha value is -1.78. The Kier molecular flexibility index (Phi) is 7.58. The number of hydrogen-bond donors (Lipinski definition) is 2. The monoisotopic (exact) mass is 292 g/mol. The number of pyridine rings is 1. The van der Waals surface area contributed by atoms with E-state index in [0.29, 0.717) is 31.0 Å². The van der Waals surface area contributed by atoms with Gasteiger partial charge >= 0.3 is 0 Å². The molecule has 21 heavy (non-hydrogen) atoms. The highest BCUT2D eigenvalue weighted by Crippen LogP contribution is 2.07. The summed E-state index contributed by atoms with van der Waals surface area (Å²) in [4.78, 5) is 8.52. The predicted molar refractivity (Wildman–Crippen MR) is 87.7 cm³/mol. The standard InChI is InChI=1S/C16H28N4O/c1-6-9-21-15-8-7-14(10-18-15)11-19-16(17-5)20-13(4)12(2)3/h7-8,10,12-13H,6,9,11H2,1-5H3,(H2,17,19,20). The quantitative estimate of drug-likeness (QED) is 0.599. The maximum absolute atomic E-state index is 5.47. The lowest BCUT2D eigenvalue weighted by Crippen LogP contribution is -2.43. The van der Waals surface area contributed by atoms with E-state index < -0.39 is 0 Å². The van der Waals surface area contributed by atoms with Gasteiger partial charge in [-0.2, -0.15) is 0 Å². The predicted octanol–water partition coefficient (Wildman–Crippen LogP) is 2.58. The molecule has 0 aliphatic carbocycles. The fourth-order valence-corrected chi connectivity index (χ4v) is 1.57. The second-order valence-electron chi connectivity index (χ2n) is 5.46. The first-order valence-electron chi connectivity index (χ1n) is 7.61. The maximum Gasteiger partial charge on any atom is 0.213 e. The Bertz CT molecular complexity index is 428. The summed E-state index contributed by atoms with van der Waals surface area (Å²) < 4.78 is 5.47. The Morgan fingerprint density at radius 1 is 1.33 bits per heavy atom. The minimum Gasteiger partial charge on any atom is -0.478 e. The summed E-state index contributed by atoms with van der Waals surface area (Å²) in [5.41, 5.74) is 1.10. The van der Waals surface area contributed by atoms with Gasteiger partial charge in [-0.25, -0.2) is 4.98 Å². The van der Waals surface area contributed by atoms with Gasteiger partial charge in [0.25, 0.3) is 0 Å². The van der Waals surface area contributed by atoms with Gasteiger partial charge in [-0.1, -0.05) is 26.8 Å². The minimum atomic E-state index is 0.374. The lowest BCUT2D eigenvalue weighted by atomic mass is 10.1. The first-order chi connectivity index (χ1) is 10.1. The molecule has 1 aromatic heterocycles. The SMILES string of the molecule is CCCOc1ccc(CNC(=NC)NC(C)C(C)C)cn1. The fourth-order valence-electron chi connectivity index (χ4n) is 1.57. The maximum atomic E-state index is 5.47. The molecule has 1 heterocycles. The molecule has 2 N–H and O–H groups in total. The van der Waals surface area contributed by atoms with Gasteiger partial charge in [-0.15, -0.1) is 0 Å². The van der Waals surface area contributed by atoms with Crippen LogP contribution in [0.1, 0.15) is 39.7 Å². The highest BCUT2D eigenvalue weighted by Gasteiger charge is 2.08. The van der Waals surface area contributed by atoms with Crippen LogP contribution < -0.4 is 15.4 Å². The number of rotatable bonds is 7. The Morgan fingerprint density at radius 3 is 2.62 bits per heavy atom. The lowest BCUT2D eigenvalue weighted by Gasteiger charge is -2.20. The van der Waals surface area contributed by atoms with E-state index in [9.17, 15) is 0 Å². The van der Waals surface area contributed by atoms with Crippen LogP contribution in [0.25, 0.3) is 0 Å². The zero-order valence-corrected chi connectivity index (χ0v) is 13.8. The highest BCUT2D eigenvalue weighted by molar-refractivity contribution is 5.79. The first kappa shape index (κ1) is 17.3. The number of nitrogens with one attached hydrogen (secondary N) is 2. The molecule has 0 radical (unpaired) electrons. The van der Waals surface area contributed by atoms with Gasteiger partial charge in [0.1, 0.15) is 0 Å². The topological polar surface area (TPSA) is 58.5 Å². The van der Waals surface area contributed by atoms with Crippen molar-refractivity contribution < 1.29 is 4.74 Å². The zero-order valence-electron chi connectivity index (χ0n) is 13.8. The smallest absolute Gasteiger partial charge is 0.213 e. The Morgan fingerprint density at radius 2 is 2.10 bits per heavy atom. The van der Waals surface area contributed by atoms with Gasteiger partial charge in [0.05, 0.1) is 6.61 Å². The van der Waals surface area contributed by atoms with Gasteiger partial charge in [-0.3, -0.25) is 4.99 Å². The van der Waals surface area contributed by atoms with Crippen LogP contribution in [-0.2, 0) is 6.54 Å². The van der Waals surface area contributed by atoms with E-state index in [1.165, 1.54) is 0 Å². The molecule has 1 atom stereocenters. The van der Waals surface area contributed by atoms with Crippen molar-refractivity contribution in [1.29, 1.82) is 0 Å². The van der Waals surface area contributed by atoms with Crippen LogP contribution in [0.2, 0.25) is 0 Å². The second kappa shape index (κ2) is 9.21. The zero-order chi connectivity index (χ0) is 15.7. The van der Waals surface area contributed by atoms with Crippen LogP contribution in [0.4, 0.5) is 0 Å². The molecule has 0 saturated carbocycles. The largest absolute Gasteiger partial charge is 0.478 e. The number of aromatic nitrogens is 1. The van der Waals surface area contributed by atoms with E-state index in [1.54, 1.807) is 7.05 Å². The number of guanidine groups is 1. The molecule has 1 rings (SSSR count). The molecule has 0 spiro atoms. The molecule has 5 nitrogen and oxygen atoms in total. The van der Waals surface area contributed by atoms with E-state index in [2.05, 4.69) is 48.3 Å². The third-order valence-corrected chi connectivity index (χ3v) is 3.30. The Labute approximate surface area is 128 Å². The van der Waals surface area contributed by atoms with Gasteiger partial charge in [0.2, 0.25) is 5.88 Å². The van der Waals surface area contributed by atoms with Gasteiger partial charge in [0.15, 0.2) is 5.96 Å². The third-order valence-electron chi connectivity index (χ3n) is 3.30. The molecule has 0 aliphatic rings. The number of ether oxygens (including phenoxy) is 1. The summed E-state index contributed by atoms with van der Waals surface area (Å²) >= 11 is 0. The van der Waals surface area contributed by atoms with E-state index >= 15 is 0 Å². The van der Waals surface area contributed by atoms with Crippen molar-refractivity contribution in [2.75, 3.05) is 13.7 Å². The van der Waals surface area contributed by atoms with Crippen LogP contribution in [0, 0.1) is 5.92 Å². The van der Waals surface area contributed by atoms with Crippen molar-refractivity contribution in [3.8, 4) is 5.88 Å². The van der Waals surface area contributed by atoms with Crippen molar-refractivity contribution >= 4 is 5.96 Å². The molecule has 5 heteroatoms. The second-order valence-corrected chi connectivity index (χ2v) is 5.46. The van der Waals surface area contributed by atoms with Crippen LogP contribution in [0.3, 0.4) is 0 Å². The van der Waals surface area contributed by atoms with Crippen LogP contribution in [0.5, 0.6) is 5.88 Å². The first-order valence-corrected chi connectivity index (χ1v) is 7.61. The average Bonchev–Trinajstić information content (AvgIpc) is 2.50. The van der Waals surface area contributed by atoms with Gasteiger partial charge < -0.3 is 15.4 Å². The normalized spacial score (nSPS) is 13.1. The molecule has 0 aromatic carbocycles. The highest BCUT2D eigenvalue weighted by atomic mass is 16.5. The molecule has 1 aromatic rings. The summed E-state index contributed by atoms with van der Waals surface area (Å²) in [7, 11) is 1.78. The van der Waals surface area contributed by atoms with E-state index in [0.717, 1.165) is 17.9 Å². The number of aliphatic imine (C=N–C) groups is 1. The Balaban J connectivity index is 2.46. The van der Waals surface area contributed by atoms with Crippen molar-refractivity contribution in [3.63, 3.8) is 0 Å². The molecule has 118 valence electrons. The average molecular weight is 292 g/mol. The lowest BCUT2D eigenvalue weighted by molar-refractivity contribution is 0.305. The minimum absolute atomic E-state index is 0.374. The summed E-state index contributed by atoms with van der Waals surface area (Å²) in [6.45, 7) is 9.99. The summed E-state index contributed by atoms with van der Waals surface area (Å²) in [6, 6.07) is 4.29. The molecule has 1 unspecified atom stereocenters. The molecule has 0 aliphatic heterocycles. The third kappa shape index (κ3) is 6.47. The van der Waals surface area contributed by atoms with Crippen LogP contribution in [0.15, 0.2) is 23.3 Å². The number of hydrogen-bond acceptors (Lipinski definition) is 3. The van der Waals surface area contributed by atoms with Gasteiger partial charge in [-0.05, 0) is 24.8 Å². The van der Waals surface area contributed by atoms with E-state index in [1.807, 2.05) is 18.3 Å². The fraction of sp³-hybridized carbons (Fsp3) is 0.625. The summed E-state index contributed by atoms with van der Waals surface area (Å²) in [6.07, 6.45) is 2.82. The molecular formula is C16H28N4O. The molecule has 0 bridgehead atoms. The summed E-state index contributed by atoms with van der Waals surface area (Å²) in [5.74, 6) is 2.04. The van der Waals surface area contributed by atoms with Crippen molar-refractivity contribution in [1.82, 2.24) is 15.6 Å².